The molecule has 2 aliphatic rings. The fourth-order valence-corrected chi connectivity index (χ4v) is 3.19. The van der Waals surface area contributed by atoms with E-state index in [9.17, 15) is 0 Å². The zero-order valence-corrected chi connectivity index (χ0v) is 11.6. The molecule has 0 aliphatic heterocycles. The summed E-state index contributed by atoms with van der Waals surface area (Å²) >= 11 is 0. The van der Waals surface area contributed by atoms with E-state index in [2.05, 4.69) is 33.0 Å². The third-order valence-electron chi connectivity index (χ3n) is 4.75. The molecule has 0 aromatic carbocycles. The van der Waals surface area contributed by atoms with Gasteiger partial charge in [0.1, 0.15) is 0 Å². The first-order valence-corrected chi connectivity index (χ1v) is 7.23. The number of nitrogens with one attached hydrogen (secondary N) is 1. The normalized spacial score (nSPS) is 40.5. The lowest BCUT2D eigenvalue weighted by atomic mass is 9.76. The molecule has 16 heavy (non-hydrogen) atoms. The Morgan fingerprint density at radius 1 is 1.00 bits per heavy atom. The van der Waals surface area contributed by atoms with Crippen LogP contribution < -0.4 is 5.32 Å². The Kier molecular flexibility index (Phi) is 3.63. The van der Waals surface area contributed by atoms with Crippen LogP contribution in [0.3, 0.4) is 0 Å². The molecule has 2 rings (SSSR count). The van der Waals surface area contributed by atoms with E-state index in [4.69, 9.17) is 0 Å². The second-order valence-corrected chi connectivity index (χ2v) is 7.25. The summed E-state index contributed by atoms with van der Waals surface area (Å²) in [4.78, 5) is 0. The fourth-order valence-electron chi connectivity index (χ4n) is 3.19. The minimum Gasteiger partial charge on any atom is -0.311 e. The first kappa shape index (κ1) is 12.4. The summed E-state index contributed by atoms with van der Waals surface area (Å²) in [5.74, 6) is 1.89. The molecule has 94 valence electrons. The van der Waals surface area contributed by atoms with E-state index >= 15 is 0 Å². The maximum absolute atomic E-state index is 3.85. The number of hydrogen-bond donors (Lipinski definition) is 1. The minimum atomic E-state index is 0.516. The van der Waals surface area contributed by atoms with Gasteiger partial charge in [0.05, 0.1) is 0 Å². The van der Waals surface area contributed by atoms with Gasteiger partial charge in [-0.25, -0.2) is 0 Å². The quantitative estimate of drug-likeness (QED) is 0.698. The standard InChI is InChI=1S/C15H29N/c1-11-10-14(11)16-13-7-5-6-12(8-9-13)15(2,3)4/h11-14,16H,5-10H2,1-4H3. The second-order valence-electron chi connectivity index (χ2n) is 7.25. The highest BCUT2D eigenvalue weighted by atomic mass is 15.0. The van der Waals surface area contributed by atoms with Crippen molar-refractivity contribution in [1.29, 1.82) is 0 Å². The van der Waals surface area contributed by atoms with Crippen LogP contribution in [0.15, 0.2) is 0 Å². The van der Waals surface area contributed by atoms with Crippen LogP contribution in [0.2, 0.25) is 0 Å². The van der Waals surface area contributed by atoms with E-state index in [1.54, 1.807) is 0 Å². The molecule has 1 nitrogen and oxygen atoms in total. The van der Waals surface area contributed by atoms with Gasteiger partial charge in [0, 0.05) is 12.1 Å². The Morgan fingerprint density at radius 3 is 2.25 bits per heavy atom. The van der Waals surface area contributed by atoms with Gasteiger partial charge in [0.15, 0.2) is 0 Å². The summed E-state index contributed by atoms with van der Waals surface area (Å²) in [7, 11) is 0. The summed E-state index contributed by atoms with van der Waals surface area (Å²) in [6, 6.07) is 1.68. The molecule has 0 heterocycles. The predicted octanol–water partition coefficient (Wildman–Crippen LogP) is 3.98. The van der Waals surface area contributed by atoms with Gasteiger partial charge in [-0.15, -0.1) is 0 Å². The first-order chi connectivity index (χ1) is 7.47. The molecule has 4 atom stereocenters. The van der Waals surface area contributed by atoms with E-state index in [0.29, 0.717) is 5.41 Å². The molecule has 1 N–H and O–H groups in total. The van der Waals surface area contributed by atoms with Gasteiger partial charge in [-0.3, -0.25) is 0 Å². The molecule has 0 aromatic rings. The number of rotatable bonds is 2. The van der Waals surface area contributed by atoms with Gasteiger partial charge in [-0.1, -0.05) is 34.1 Å². The molecule has 0 radical (unpaired) electrons. The van der Waals surface area contributed by atoms with Crippen molar-refractivity contribution in [3.63, 3.8) is 0 Å². The molecule has 0 amide bonds. The van der Waals surface area contributed by atoms with Crippen molar-refractivity contribution >= 4 is 0 Å². The van der Waals surface area contributed by atoms with Crippen LogP contribution in [-0.4, -0.2) is 12.1 Å². The zero-order valence-electron chi connectivity index (χ0n) is 11.6. The topological polar surface area (TPSA) is 12.0 Å². The maximum atomic E-state index is 3.85. The molecule has 0 saturated heterocycles. The van der Waals surface area contributed by atoms with Crippen molar-refractivity contribution in [2.24, 2.45) is 17.3 Å². The molecular weight excluding hydrogens is 194 g/mol. The predicted molar refractivity (Wildman–Crippen MR) is 70.5 cm³/mol. The monoisotopic (exact) mass is 223 g/mol. The van der Waals surface area contributed by atoms with E-state index in [-0.39, 0.29) is 0 Å². The minimum absolute atomic E-state index is 0.516. The summed E-state index contributed by atoms with van der Waals surface area (Å²) in [5, 5.41) is 3.85. The molecule has 2 fully saturated rings. The summed E-state index contributed by atoms with van der Waals surface area (Å²) < 4.78 is 0. The Morgan fingerprint density at radius 2 is 1.69 bits per heavy atom. The summed E-state index contributed by atoms with van der Waals surface area (Å²) in [5.41, 5.74) is 0.516. The van der Waals surface area contributed by atoms with Gasteiger partial charge < -0.3 is 5.32 Å². The van der Waals surface area contributed by atoms with Crippen LogP contribution in [0, 0.1) is 17.3 Å². The Balaban J connectivity index is 1.79. The number of hydrogen-bond acceptors (Lipinski definition) is 1. The van der Waals surface area contributed by atoms with Crippen molar-refractivity contribution in [2.45, 2.75) is 78.3 Å². The van der Waals surface area contributed by atoms with Crippen molar-refractivity contribution in [1.82, 2.24) is 5.32 Å². The first-order valence-electron chi connectivity index (χ1n) is 7.23. The molecule has 1 heteroatoms. The lowest BCUT2D eigenvalue weighted by Crippen LogP contribution is -2.31. The lowest BCUT2D eigenvalue weighted by molar-refractivity contribution is 0.213. The van der Waals surface area contributed by atoms with Gasteiger partial charge in [-0.2, -0.15) is 0 Å². The van der Waals surface area contributed by atoms with Crippen molar-refractivity contribution in [2.75, 3.05) is 0 Å². The fraction of sp³-hybridized carbons (Fsp3) is 1.00. The highest BCUT2D eigenvalue weighted by molar-refractivity contribution is 4.93. The Hall–Kier alpha value is -0.0400. The van der Waals surface area contributed by atoms with E-state index < -0.39 is 0 Å². The van der Waals surface area contributed by atoms with E-state index in [0.717, 1.165) is 23.9 Å². The zero-order chi connectivity index (χ0) is 11.8. The third-order valence-corrected chi connectivity index (χ3v) is 4.75. The molecule has 0 bridgehead atoms. The van der Waals surface area contributed by atoms with Crippen LogP contribution in [0.4, 0.5) is 0 Å². The molecular formula is C15H29N. The van der Waals surface area contributed by atoms with Crippen molar-refractivity contribution in [3.05, 3.63) is 0 Å². The highest BCUT2D eigenvalue weighted by Gasteiger charge is 2.35. The molecule has 2 aliphatic carbocycles. The Bertz CT molecular complexity index is 228. The van der Waals surface area contributed by atoms with Crippen molar-refractivity contribution in [3.8, 4) is 0 Å². The summed E-state index contributed by atoms with van der Waals surface area (Å²) in [6.07, 6.45) is 8.55. The SMILES string of the molecule is CC1CC1NC1CCCC(C(C)(C)C)CC1. The van der Waals surface area contributed by atoms with Crippen molar-refractivity contribution < 1.29 is 0 Å². The van der Waals surface area contributed by atoms with Gasteiger partial charge in [0.25, 0.3) is 0 Å². The molecule has 0 aromatic heterocycles. The van der Waals surface area contributed by atoms with Crippen LogP contribution in [0.5, 0.6) is 0 Å². The second kappa shape index (κ2) is 4.68. The Labute approximate surface area is 101 Å². The van der Waals surface area contributed by atoms with Gasteiger partial charge in [0.2, 0.25) is 0 Å². The highest BCUT2D eigenvalue weighted by Crippen LogP contribution is 2.38. The van der Waals surface area contributed by atoms with Crippen LogP contribution >= 0.6 is 0 Å². The van der Waals surface area contributed by atoms with Crippen LogP contribution in [-0.2, 0) is 0 Å². The average Bonchev–Trinajstić information content (AvgIpc) is 2.89. The largest absolute Gasteiger partial charge is 0.311 e. The third kappa shape index (κ3) is 3.23. The lowest BCUT2D eigenvalue weighted by Gasteiger charge is -2.29. The van der Waals surface area contributed by atoms with E-state index in [1.165, 1.54) is 38.5 Å². The molecule has 0 spiro atoms. The van der Waals surface area contributed by atoms with Crippen LogP contribution in [0.1, 0.15) is 66.2 Å². The smallest absolute Gasteiger partial charge is 0.00989 e. The molecule has 2 saturated carbocycles. The van der Waals surface area contributed by atoms with Crippen LogP contribution in [0.25, 0.3) is 0 Å². The van der Waals surface area contributed by atoms with Gasteiger partial charge in [-0.05, 0) is 49.4 Å². The average molecular weight is 223 g/mol. The van der Waals surface area contributed by atoms with E-state index in [1.807, 2.05) is 0 Å². The van der Waals surface area contributed by atoms with Gasteiger partial charge >= 0.3 is 0 Å². The summed E-state index contributed by atoms with van der Waals surface area (Å²) in [6.45, 7) is 9.60. The molecule has 4 unspecified atom stereocenters. The maximum Gasteiger partial charge on any atom is 0.00989 e.